The first-order valence-electron chi connectivity index (χ1n) is 6.75. The van der Waals surface area contributed by atoms with Gasteiger partial charge in [0.25, 0.3) is 0 Å². The number of para-hydroxylation sites is 1. The van der Waals surface area contributed by atoms with Gasteiger partial charge in [-0.1, -0.05) is 18.2 Å². The molecule has 0 atom stereocenters. The van der Waals surface area contributed by atoms with E-state index in [-0.39, 0.29) is 5.91 Å². The number of hydrogen-bond donors (Lipinski definition) is 1. The normalized spacial score (nSPS) is 14.5. The van der Waals surface area contributed by atoms with Crippen molar-refractivity contribution in [3.63, 3.8) is 0 Å². The zero-order valence-electron chi connectivity index (χ0n) is 11.7. The van der Waals surface area contributed by atoms with E-state index >= 15 is 0 Å². The number of pyridine rings is 1. The summed E-state index contributed by atoms with van der Waals surface area (Å²) in [7, 11) is 0. The van der Waals surface area contributed by atoms with E-state index in [1.54, 1.807) is 0 Å². The van der Waals surface area contributed by atoms with Gasteiger partial charge in [0.15, 0.2) is 5.82 Å². The molecule has 0 saturated carbocycles. The molecule has 1 aliphatic heterocycles. The van der Waals surface area contributed by atoms with Gasteiger partial charge in [0.1, 0.15) is 0 Å². The molecule has 3 rings (SSSR count). The summed E-state index contributed by atoms with van der Waals surface area (Å²) in [4.78, 5) is 18.5. The number of aromatic nitrogens is 1. The molecule has 0 aliphatic carbocycles. The van der Waals surface area contributed by atoms with Crippen molar-refractivity contribution in [1.82, 2.24) is 4.98 Å². The van der Waals surface area contributed by atoms with E-state index in [1.807, 2.05) is 31.3 Å². The third-order valence-corrected chi connectivity index (χ3v) is 3.50. The Morgan fingerprint density at radius 3 is 2.85 bits per heavy atom. The Bertz CT molecular complexity index is 667. The van der Waals surface area contributed by atoms with Gasteiger partial charge in [-0.25, -0.2) is 4.98 Å². The van der Waals surface area contributed by atoms with Crippen LogP contribution in [0.25, 0.3) is 0 Å². The molecule has 1 aromatic carbocycles. The van der Waals surface area contributed by atoms with Crippen LogP contribution >= 0.6 is 0 Å². The number of rotatable bonds is 1. The molecule has 4 nitrogen and oxygen atoms in total. The van der Waals surface area contributed by atoms with Crippen LogP contribution in [-0.2, 0) is 4.79 Å². The third-order valence-electron chi connectivity index (χ3n) is 3.50. The Labute approximate surface area is 118 Å². The topological polar surface area (TPSA) is 45.2 Å². The van der Waals surface area contributed by atoms with Crippen LogP contribution in [0.4, 0.5) is 17.2 Å². The summed E-state index contributed by atoms with van der Waals surface area (Å²) in [5.41, 5.74) is 4.10. The first-order chi connectivity index (χ1) is 9.65. The van der Waals surface area contributed by atoms with Crippen LogP contribution in [-0.4, -0.2) is 17.4 Å². The van der Waals surface area contributed by atoms with Crippen LogP contribution in [0.2, 0.25) is 0 Å². The predicted octanol–water partition coefficient (Wildman–Crippen LogP) is 3.18. The Balaban J connectivity index is 2.13. The number of nitrogens with one attached hydrogen (secondary N) is 1. The van der Waals surface area contributed by atoms with E-state index in [4.69, 9.17) is 0 Å². The fourth-order valence-electron chi connectivity index (χ4n) is 2.50. The number of nitrogens with zero attached hydrogens (tertiary/aromatic N) is 2. The van der Waals surface area contributed by atoms with Gasteiger partial charge in [-0.05, 0) is 37.1 Å². The highest BCUT2D eigenvalue weighted by Crippen LogP contribution is 2.34. The second kappa shape index (κ2) is 4.96. The lowest BCUT2D eigenvalue weighted by atomic mass is 10.1. The molecule has 20 heavy (non-hydrogen) atoms. The molecule has 0 bridgehead atoms. The standard InChI is InChI=1S/C16H17N3O/c1-11-9-13-16(17-10-11)19(8-7-15(20)18-13)14-6-4-3-5-12(14)2/h3-6,9-10H,7-8H2,1-2H3,(H,18,20). The fourth-order valence-corrected chi connectivity index (χ4v) is 2.50. The average molecular weight is 267 g/mol. The molecule has 1 amide bonds. The highest BCUT2D eigenvalue weighted by molar-refractivity contribution is 5.96. The molecule has 0 saturated heterocycles. The zero-order chi connectivity index (χ0) is 14.1. The van der Waals surface area contributed by atoms with Gasteiger partial charge in [-0.2, -0.15) is 0 Å². The zero-order valence-corrected chi connectivity index (χ0v) is 11.7. The van der Waals surface area contributed by atoms with Crippen molar-refractivity contribution >= 4 is 23.1 Å². The van der Waals surface area contributed by atoms with Crippen molar-refractivity contribution in [1.29, 1.82) is 0 Å². The van der Waals surface area contributed by atoms with Gasteiger partial charge in [0.2, 0.25) is 5.91 Å². The van der Waals surface area contributed by atoms with Crippen molar-refractivity contribution < 1.29 is 4.79 Å². The quantitative estimate of drug-likeness (QED) is 0.863. The van der Waals surface area contributed by atoms with Crippen LogP contribution in [0.5, 0.6) is 0 Å². The van der Waals surface area contributed by atoms with Gasteiger partial charge in [-0.3, -0.25) is 4.79 Å². The van der Waals surface area contributed by atoms with Crippen molar-refractivity contribution in [2.24, 2.45) is 0 Å². The molecule has 1 aromatic heterocycles. The van der Waals surface area contributed by atoms with Crippen LogP contribution in [0.15, 0.2) is 36.5 Å². The largest absolute Gasteiger partial charge is 0.324 e. The van der Waals surface area contributed by atoms with Crippen LogP contribution in [0, 0.1) is 13.8 Å². The van der Waals surface area contributed by atoms with E-state index in [0.717, 1.165) is 22.8 Å². The van der Waals surface area contributed by atoms with Crippen LogP contribution in [0.1, 0.15) is 17.5 Å². The van der Waals surface area contributed by atoms with Crippen molar-refractivity contribution in [3.05, 3.63) is 47.7 Å². The number of benzene rings is 1. The minimum Gasteiger partial charge on any atom is -0.324 e. The molecule has 0 radical (unpaired) electrons. The minimum atomic E-state index is 0.0368. The molecular formula is C16H17N3O. The molecular weight excluding hydrogens is 250 g/mol. The Morgan fingerprint density at radius 1 is 1.25 bits per heavy atom. The summed E-state index contributed by atoms with van der Waals surface area (Å²) in [6, 6.07) is 10.1. The van der Waals surface area contributed by atoms with E-state index in [2.05, 4.69) is 34.3 Å². The summed E-state index contributed by atoms with van der Waals surface area (Å²) in [5.74, 6) is 0.852. The van der Waals surface area contributed by atoms with E-state index in [0.29, 0.717) is 13.0 Å². The molecule has 1 N–H and O–H groups in total. The summed E-state index contributed by atoms with van der Waals surface area (Å²) < 4.78 is 0. The van der Waals surface area contributed by atoms with E-state index < -0.39 is 0 Å². The smallest absolute Gasteiger partial charge is 0.226 e. The fraction of sp³-hybridized carbons (Fsp3) is 0.250. The molecule has 1 aliphatic rings. The highest BCUT2D eigenvalue weighted by atomic mass is 16.1. The molecule has 2 heterocycles. The monoisotopic (exact) mass is 267 g/mol. The van der Waals surface area contributed by atoms with Gasteiger partial charge >= 0.3 is 0 Å². The molecule has 0 unspecified atom stereocenters. The number of aryl methyl sites for hydroxylation is 2. The van der Waals surface area contributed by atoms with E-state index in [1.165, 1.54) is 5.56 Å². The lowest BCUT2D eigenvalue weighted by molar-refractivity contribution is -0.115. The Kier molecular flexibility index (Phi) is 3.14. The number of carbonyl (C=O) groups excluding carboxylic acids is 1. The summed E-state index contributed by atoms with van der Waals surface area (Å²) >= 11 is 0. The number of anilines is 3. The van der Waals surface area contributed by atoms with Crippen LogP contribution < -0.4 is 10.2 Å². The maximum absolute atomic E-state index is 11.9. The van der Waals surface area contributed by atoms with Crippen molar-refractivity contribution in [2.75, 3.05) is 16.8 Å². The Morgan fingerprint density at radius 2 is 2.05 bits per heavy atom. The minimum absolute atomic E-state index is 0.0368. The first-order valence-corrected chi connectivity index (χ1v) is 6.75. The van der Waals surface area contributed by atoms with Crippen LogP contribution in [0.3, 0.4) is 0 Å². The maximum atomic E-state index is 11.9. The number of hydrogen-bond acceptors (Lipinski definition) is 3. The number of amides is 1. The van der Waals surface area contributed by atoms with Gasteiger partial charge in [0.05, 0.1) is 5.69 Å². The molecule has 2 aromatic rings. The highest BCUT2D eigenvalue weighted by Gasteiger charge is 2.22. The maximum Gasteiger partial charge on any atom is 0.226 e. The predicted molar refractivity (Wildman–Crippen MR) is 80.4 cm³/mol. The Hall–Kier alpha value is -2.36. The van der Waals surface area contributed by atoms with Gasteiger partial charge < -0.3 is 10.2 Å². The lowest BCUT2D eigenvalue weighted by Gasteiger charge is -2.24. The SMILES string of the molecule is Cc1cnc2c(c1)NC(=O)CCN2c1ccccc1C. The summed E-state index contributed by atoms with van der Waals surface area (Å²) in [6.07, 6.45) is 2.30. The molecule has 0 spiro atoms. The number of carbonyl (C=O) groups is 1. The second-order valence-electron chi connectivity index (χ2n) is 5.12. The molecule has 0 fully saturated rings. The number of fused-ring (bicyclic) bond motifs is 1. The molecule has 102 valence electrons. The third kappa shape index (κ3) is 2.25. The molecule has 4 heteroatoms. The summed E-state index contributed by atoms with van der Waals surface area (Å²) in [5, 5.41) is 2.94. The van der Waals surface area contributed by atoms with Crippen molar-refractivity contribution in [3.8, 4) is 0 Å². The average Bonchev–Trinajstić information content (AvgIpc) is 2.57. The van der Waals surface area contributed by atoms with Crippen molar-refractivity contribution in [2.45, 2.75) is 20.3 Å². The van der Waals surface area contributed by atoms with Gasteiger partial charge in [0, 0.05) is 24.8 Å². The lowest BCUT2D eigenvalue weighted by Crippen LogP contribution is -2.20. The first kappa shape index (κ1) is 12.7. The summed E-state index contributed by atoms with van der Waals surface area (Å²) in [6.45, 7) is 4.69. The second-order valence-corrected chi connectivity index (χ2v) is 5.12. The van der Waals surface area contributed by atoms with E-state index in [9.17, 15) is 4.79 Å². The van der Waals surface area contributed by atoms with Gasteiger partial charge in [-0.15, -0.1) is 0 Å².